The van der Waals surface area contributed by atoms with E-state index in [-0.39, 0.29) is 10.7 Å². The minimum absolute atomic E-state index is 0.206. The molecule has 0 radical (unpaired) electrons. The highest BCUT2D eigenvalue weighted by molar-refractivity contribution is 6.31. The van der Waals surface area contributed by atoms with E-state index in [1.807, 2.05) is 0 Å². The van der Waals surface area contributed by atoms with Crippen LogP contribution in [0.1, 0.15) is 13.8 Å². The lowest BCUT2D eigenvalue weighted by Gasteiger charge is -2.25. The lowest BCUT2D eigenvalue weighted by atomic mass is 10.1. The number of hydrogen-bond donors (Lipinski definition) is 1. The molecular weight excluding hydrogens is 346 g/mol. The van der Waals surface area contributed by atoms with E-state index in [9.17, 15) is 18.4 Å². The SMILES string of the molecule is CN(C(=O)C1NC(=O)[C@H]2OC(C)(C)O[C@@H]12)c1cc(Cl)c(F)cc1F. The minimum atomic E-state index is -1.04. The van der Waals surface area contributed by atoms with Crippen molar-refractivity contribution in [3.63, 3.8) is 0 Å². The molecule has 6 nitrogen and oxygen atoms in total. The van der Waals surface area contributed by atoms with E-state index < -0.39 is 47.5 Å². The number of carbonyl (C=O) groups excluding carboxylic acids is 2. The number of carbonyl (C=O) groups is 2. The second kappa shape index (κ2) is 5.65. The summed E-state index contributed by atoms with van der Waals surface area (Å²) in [5.41, 5.74) is -0.206. The number of ether oxygens (including phenoxy) is 2. The molecule has 0 saturated carbocycles. The number of rotatable bonds is 2. The second-order valence-corrected chi connectivity index (χ2v) is 6.53. The van der Waals surface area contributed by atoms with Gasteiger partial charge in [0.25, 0.3) is 11.8 Å². The van der Waals surface area contributed by atoms with Gasteiger partial charge in [-0.2, -0.15) is 0 Å². The zero-order valence-electron chi connectivity index (χ0n) is 13.1. The first kappa shape index (κ1) is 17.1. The van der Waals surface area contributed by atoms with Crippen molar-refractivity contribution in [2.75, 3.05) is 11.9 Å². The minimum Gasteiger partial charge on any atom is -0.341 e. The van der Waals surface area contributed by atoms with Crippen molar-refractivity contribution in [3.05, 3.63) is 28.8 Å². The zero-order chi connectivity index (χ0) is 17.8. The Morgan fingerprint density at radius 3 is 2.62 bits per heavy atom. The summed E-state index contributed by atoms with van der Waals surface area (Å²) in [6.45, 7) is 3.26. The highest BCUT2D eigenvalue weighted by Gasteiger charge is 2.56. The summed E-state index contributed by atoms with van der Waals surface area (Å²) >= 11 is 5.65. The quantitative estimate of drug-likeness (QED) is 0.813. The molecular formula is C15H15ClF2N2O4. The molecule has 2 heterocycles. The Balaban J connectivity index is 1.87. The van der Waals surface area contributed by atoms with Gasteiger partial charge in [0.2, 0.25) is 0 Å². The summed E-state index contributed by atoms with van der Waals surface area (Å²) in [6, 6.07) is 0.557. The van der Waals surface area contributed by atoms with Gasteiger partial charge in [-0.05, 0) is 19.9 Å². The number of hydrogen-bond acceptors (Lipinski definition) is 4. The van der Waals surface area contributed by atoms with Crippen LogP contribution in [0.3, 0.4) is 0 Å². The van der Waals surface area contributed by atoms with Gasteiger partial charge in [-0.3, -0.25) is 9.59 Å². The highest BCUT2D eigenvalue weighted by atomic mass is 35.5. The van der Waals surface area contributed by atoms with Crippen LogP contribution in [0.25, 0.3) is 0 Å². The van der Waals surface area contributed by atoms with E-state index in [4.69, 9.17) is 21.1 Å². The van der Waals surface area contributed by atoms with Crippen molar-refractivity contribution in [2.45, 2.75) is 37.9 Å². The van der Waals surface area contributed by atoms with E-state index in [0.29, 0.717) is 6.07 Å². The number of anilines is 1. The van der Waals surface area contributed by atoms with Gasteiger partial charge in [0.15, 0.2) is 11.9 Å². The van der Waals surface area contributed by atoms with Crippen molar-refractivity contribution < 1.29 is 27.8 Å². The zero-order valence-corrected chi connectivity index (χ0v) is 13.9. The average molecular weight is 361 g/mol. The summed E-state index contributed by atoms with van der Waals surface area (Å²) in [4.78, 5) is 25.6. The molecule has 130 valence electrons. The van der Waals surface area contributed by atoms with Crippen LogP contribution >= 0.6 is 11.6 Å². The smallest absolute Gasteiger partial charge is 0.252 e. The molecule has 3 rings (SSSR count). The van der Waals surface area contributed by atoms with Gasteiger partial charge in [0.1, 0.15) is 23.8 Å². The van der Waals surface area contributed by atoms with Crippen molar-refractivity contribution in [3.8, 4) is 0 Å². The molecule has 2 saturated heterocycles. The van der Waals surface area contributed by atoms with Crippen molar-refractivity contribution >= 4 is 29.1 Å². The van der Waals surface area contributed by atoms with Crippen LogP contribution in [-0.4, -0.2) is 42.9 Å². The number of fused-ring (bicyclic) bond motifs is 1. The van der Waals surface area contributed by atoms with Crippen LogP contribution in [0.15, 0.2) is 12.1 Å². The van der Waals surface area contributed by atoms with E-state index in [0.717, 1.165) is 11.0 Å². The van der Waals surface area contributed by atoms with E-state index in [1.165, 1.54) is 7.05 Å². The standard InChI is InChI=1S/C15H15ClF2N2O4/c1-15(2)23-11-10(19-13(21)12(11)24-15)14(22)20(3)9-4-6(16)7(17)5-8(9)18/h4-5,10-12H,1-3H3,(H,19,21)/t10?,11-,12-/m0/s1. The third-order valence-electron chi connectivity index (χ3n) is 3.96. The molecule has 0 aromatic heterocycles. The van der Waals surface area contributed by atoms with Crippen LogP contribution in [0.5, 0.6) is 0 Å². The molecule has 1 aromatic rings. The molecule has 0 bridgehead atoms. The summed E-state index contributed by atoms with van der Waals surface area (Å²) in [5, 5.41) is 2.16. The maximum Gasteiger partial charge on any atom is 0.252 e. The van der Waals surface area contributed by atoms with Gasteiger partial charge >= 0.3 is 0 Å². The summed E-state index contributed by atoms with van der Waals surface area (Å²) < 4.78 is 38.3. The molecule has 2 fully saturated rings. The number of amides is 2. The average Bonchev–Trinajstić information content (AvgIpc) is 2.96. The van der Waals surface area contributed by atoms with Crippen LogP contribution in [0, 0.1) is 11.6 Å². The molecule has 2 aliphatic heterocycles. The van der Waals surface area contributed by atoms with Gasteiger partial charge in [-0.15, -0.1) is 0 Å². The molecule has 0 spiro atoms. The number of nitrogens with one attached hydrogen (secondary N) is 1. The van der Waals surface area contributed by atoms with Crippen LogP contribution in [-0.2, 0) is 19.1 Å². The van der Waals surface area contributed by atoms with Crippen molar-refractivity contribution in [2.24, 2.45) is 0 Å². The molecule has 1 N–H and O–H groups in total. The maximum atomic E-state index is 14.0. The highest BCUT2D eigenvalue weighted by Crippen LogP contribution is 2.35. The van der Waals surface area contributed by atoms with Crippen molar-refractivity contribution in [1.82, 2.24) is 5.32 Å². The Labute approximate surface area is 141 Å². The first-order valence-corrected chi connectivity index (χ1v) is 7.56. The molecule has 24 heavy (non-hydrogen) atoms. The fourth-order valence-electron chi connectivity index (χ4n) is 2.85. The molecule has 3 atom stereocenters. The van der Waals surface area contributed by atoms with E-state index in [2.05, 4.69) is 5.32 Å². The fraction of sp³-hybridized carbons (Fsp3) is 0.467. The Bertz CT molecular complexity index is 728. The second-order valence-electron chi connectivity index (χ2n) is 6.12. The molecule has 1 unspecified atom stereocenters. The Hall–Kier alpha value is -1.77. The Morgan fingerprint density at radius 1 is 1.29 bits per heavy atom. The van der Waals surface area contributed by atoms with Gasteiger partial charge in [0.05, 0.1) is 10.7 Å². The molecule has 2 aliphatic rings. The lowest BCUT2D eigenvalue weighted by Crippen LogP contribution is -2.49. The first-order valence-electron chi connectivity index (χ1n) is 7.19. The Morgan fingerprint density at radius 2 is 1.96 bits per heavy atom. The van der Waals surface area contributed by atoms with Gasteiger partial charge in [-0.1, -0.05) is 11.6 Å². The van der Waals surface area contributed by atoms with Crippen LogP contribution < -0.4 is 10.2 Å². The molecule has 9 heteroatoms. The summed E-state index contributed by atoms with van der Waals surface area (Å²) in [6.07, 6.45) is -1.74. The van der Waals surface area contributed by atoms with Crippen LogP contribution in [0.2, 0.25) is 5.02 Å². The molecule has 1 aromatic carbocycles. The van der Waals surface area contributed by atoms with E-state index in [1.54, 1.807) is 13.8 Å². The lowest BCUT2D eigenvalue weighted by molar-refractivity contribution is -0.164. The van der Waals surface area contributed by atoms with Gasteiger partial charge < -0.3 is 19.7 Å². The summed E-state index contributed by atoms with van der Waals surface area (Å²) in [5.74, 6) is -3.98. The molecule has 2 amide bonds. The maximum absolute atomic E-state index is 14.0. The van der Waals surface area contributed by atoms with Gasteiger partial charge in [0, 0.05) is 13.1 Å². The third-order valence-corrected chi connectivity index (χ3v) is 4.25. The van der Waals surface area contributed by atoms with Crippen molar-refractivity contribution in [1.29, 1.82) is 0 Å². The van der Waals surface area contributed by atoms with E-state index >= 15 is 0 Å². The normalized spacial score (nSPS) is 27.8. The number of nitrogens with zero attached hydrogens (tertiary/aromatic N) is 1. The Kier molecular flexibility index (Phi) is 4.01. The fourth-order valence-corrected chi connectivity index (χ4v) is 3.01. The first-order chi connectivity index (χ1) is 11.1. The third kappa shape index (κ3) is 2.74. The largest absolute Gasteiger partial charge is 0.341 e. The van der Waals surface area contributed by atoms with Gasteiger partial charge in [-0.25, -0.2) is 8.78 Å². The summed E-state index contributed by atoms with van der Waals surface area (Å²) in [7, 11) is 1.30. The number of benzene rings is 1. The number of likely N-dealkylation sites (N-methyl/N-ethyl adjacent to an activating group) is 1. The number of halogens is 3. The topological polar surface area (TPSA) is 67.9 Å². The monoisotopic (exact) mass is 360 g/mol. The molecule has 0 aliphatic carbocycles. The van der Waals surface area contributed by atoms with Crippen LogP contribution in [0.4, 0.5) is 14.5 Å². The predicted molar refractivity (Wildman–Crippen MR) is 80.5 cm³/mol. The predicted octanol–water partition coefficient (Wildman–Crippen LogP) is 1.60.